The van der Waals surface area contributed by atoms with Gasteiger partial charge in [0.15, 0.2) is 0 Å². The van der Waals surface area contributed by atoms with Crippen LogP contribution in [0.5, 0.6) is 0 Å². The molecular weight excluding hydrogens is 216 g/mol. The Balaban J connectivity index is 1.88. The second-order valence-corrected chi connectivity index (χ2v) is 5.69. The van der Waals surface area contributed by atoms with E-state index in [0.29, 0.717) is 5.92 Å². The lowest BCUT2D eigenvalue weighted by Gasteiger charge is -2.28. The van der Waals surface area contributed by atoms with Crippen LogP contribution in [0, 0.1) is 11.3 Å². The van der Waals surface area contributed by atoms with Gasteiger partial charge in [-0.2, -0.15) is 0 Å². The minimum atomic E-state index is 0.513. The third kappa shape index (κ3) is 2.85. The van der Waals surface area contributed by atoms with E-state index in [-0.39, 0.29) is 0 Å². The number of hydrogen-bond acceptors (Lipinski definition) is 2. The van der Waals surface area contributed by atoms with E-state index in [1.807, 2.05) is 0 Å². The first kappa shape index (κ1) is 11.6. The molecule has 0 aliphatic heterocycles. The van der Waals surface area contributed by atoms with E-state index in [0.717, 1.165) is 12.4 Å². The van der Waals surface area contributed by atoms with Gasteiger partial charge >= 0.3 is 0 Å². The zero-order valence-corrected chi connectivity index (χ0v) is 10.7. The number of nitrogens with one attached hydrogen (secondary N) is 1. The molecule has 0 saturated heterocycles. The van der Waals surface area contributed by atoms with E-state index < -0.39 is 0 Å². The van der Waals surface area contributed by atoms with Crippen LogP contribution < -0.4 is 0 Å². The van der Waals surface area contributed by atoms with E-state index in [2.05, 4.69) is 29.5 Å². The highest BCUT2D eigenvalue weighted by atomic mass is 32.1. The van der Waals surface area contributed by atoms with Crippen LogP contribution >= 0.6 is 11.3 Å². The molecule has 1 aliphatic carbocycles. The van der Waals surface area contributed by atoms with Gasteiger partial charge in [-0.05, 0) is 24.3 Å². The van der Waals surface area contributed by atoms with Gasteiger partial charge in [-0.15, -0.1) is 11.3 Å². The Kier molecular flexibility index (Phi) is 3.99. The number of hydrogen-bond donors (Lipinski definition) is 1. The van der Waals surface area contributed by atoms with Gasteiger partial charge < -0.3 is 4.90 Å². The van der Waals surface area contributed by atoms with Gasteiger partial charge in [0.1, 0.15) is 0 Å². The summed E-state index contributed by atoms with van der Waals surface area (Å²) < 4.78 is 0. The van der Waals surface area contributed by atoms with Crippen molar-refractivity contribution < 1.29 is 0 Å². The molecule has 3 heteroatoms. The topological polar surface area (TPSA) is 27.1 Å². The standard InChI is InChI=1S/C13H20N2S/c1-15(10-12-8-5-9-16-12)13(14)11-6-3-2-4-7-11/h5,8-9,11,14H,2-4,6-7,10H2,1H3. The monoisotopic (exact) mass is 236 g/mol. The Hall–Kier alpha value is -0.830. The fourth-order valence-corrected chi connectivity index (χ4v) is 3.17. The molecule has 0 atom stereocenters. The fourth-order valence-electron chi connectivity index (χ4n) is 2.41. The van der Waals surface area contributed by atoms with Crippen molar-refractivity contribution in [3.8, 4) is 0 Å². The third-order valence-electron chi connectivity index (χ3n) is 3.38. The zero-order chi connectivity index (χ0) is 11.4. The van der Waals surface area contributed by atoms with Crippen LogP contribution in [0.2, 0.25) is 0 Å². The first-order chi connectivity index (χ1) is 7.77. The summed E-state index contributed by atoms with van der Waals surface area (Å²) in [6.07, 6.45) is 6.40. The summed E-state index contributed by atoms with van der Waals surface area (Å²) in [5, 5.41) is 10.3. The molecule has 1 saturated carbocycles. The van der Waals surface area contributed by atoms with Crippen molar-refractivity contribution in [2.45, 2.75) is 38.6 Å². The number of amidine groups is 1. The minimum absolute atomic E-state index is 0.513. The molecule has 0 aromatic carbocycles. The largest absolute Gasteiger partial charge is 0.358 e. The van der Waals surface area contributed by atoms with Crippen LogP contribution in [0.3, 0.4) is 0 Å². The van der Waals surface area contributed by atoms with Crippen LogP contribution in [0.25, 0.3) is 0 Å². The maximum Gasteiger partial charge on any atom is 0.0990 e. The molecule has 1 aromatic rings. The lowest BCUT2D eigenvalue weighted by atomic mass is 9.88. The molecular formula is C13H20N2S. The minimum Gasteiger partial charge on any atom is -0.358 e. The fraction of sp³-hybridized carbons (Fsp3) is 0.615. The molecule has 0 radical (unpaired) electrons. The predicted octanol–water partition coefficient (Wildman–Crippen LogP) is 3.74. The third-order valence-corrected chi connectivity index (χ3v) is 4.24. The molecule has 2 rings (SSSR count). The lowest BCUT2D eigenvalue weighted by Crippen LogP contribution is -2.32. The molecule has 1 fully saturated rings. The molecule has 1 aliphatic rings. The van der Waals surface area contributed by atoms with E-state index in [1.54, 1.807) is 11.3 Å². The summed E-state index contributed by atoms with van der Waals surface area (Å²) in [6.45, 7) is 0.896. The summed E-state index contributed by atoms with van der Waals surface area (Å²) in [7, 11) is 2.05. The highest BCUT2D eigenvalue weighted by Crippen LogP contribution is 2.26. The van der Waals surface area contributed by atoms with Crippen LogP contribution in [0.1, 0.15) is 37.0 Å². The van der Waals surface area contributed by atoms with Crippen molar-refractivity contribution in [1.82, 2.24) is 4.90 Å². The molecule has 16 heavy (non-hydrogen) atoms. The lowest BCUT2D eigenvalue weighted by molar-refractivity contribution is 0.384. The van der Waals surface area contributed by atoms with Crippen LogP contribution in [0.4, 0.5) is 0 Å². The van der Waals surface area contributed by atoms with Crippen molar-refractivity contribution in [2.75, 3.05) is 7.05 Å². The summed E-state index contributed by atoms with van der Waals surface area (Å²) in [4.78, 5) is 3.46. The molecule has 1 aromatic heterocycles. The van der Waals surface area contributed by atoms with Crippen molar-refractivity contribution in [1.29, 1.82) is 5.41 Å². The molecule has 0 unspecified atom stereocenters. The first-order valence-corrected chi connectivity index (χ1v) is 6.97. The highest BCUT2D eigenvalue weighted by Gasteiger charge is 2.20. The van der Waals surface area contributed by atoms with Gasteiger partial charge in [-0.1, -0.05) is 25.3 Å². The van der Waals surface area contributed by atoms with E-state index >= 15 is 0 Å². The Morgan fingerprint density at radius 2 is 2.19 bits per heavy atom. The second kappa shape index (κ2) is 5.48. The van der Waals surface area contributed by atoms with Gasteiger partial charge in [0.2, 0.25) is 0 Å². The summed E-state index contributed by atoms with van der Waals surface area (Å²) in [5.74, 6) is 1.35. The molecule has 88 valence electrons. The van der Waals surface area contributed by atoms with Crippen molar-refractivity contribution >= 4 is 17.2 Å². The van der Waals surface area contributed by atoms with Crippen LogP contribution in [-0.2, 0) is 6.54 Å². The van der Waals surface area contributed by atoms with Gasteiger partial charge in [0.05, 0.1) is 12.4 Å². The summed E-state index contributed by atoms with van der Waals surface area (Å²) in [6, 6.07) is 4.23. The van der Waals surface area contributed by atoms with E-state index in [4.69, 9.17) is 5.41 Å². The predicted molar refractivity (Wildman–Crippen MR) is 70.1 cm³/mol. The van der Waals surface area contributed by atoms with Gasteiger partial charge in [0, 0.05) is 17.8 Å². The summed E-state index contributed by atoms with van der Waals surface area (Å²) >= 11 is 1.78. The molecule has 1 heterocycles. The van der Waals surface area contributed by atoms with Gasteiger partial charge in [-0.25, -0.2) is 0 Å². The summed E-state index contributed by atoms with van der Waals surface area (Å²) in [5.41, 5.74) is 0. The van der Waals surface area contributed by atoms with Crippen molar-refractivity contribution in [3.63, 3.8) is 0 Å². The van der Waals surface area contributed by atoms with Crippen molar-refractivity contribution in [3.05, 3.63) is 22.4 Å². The normalized spacial score (nSPS) is 17.3. The highest BCUT2D eigenvalue weighted by molar-refractivity contribution is 7.09. The van der Waals surface area contributed by atoms with Crippen molar-refractivity contribution in [2.24, 2.45) is 5.92 Å². The van der Waals surface area contributed by atoms with E-state index in [9.17, 15) is 0 Å². The Bertz CT molecular complexity index is 326. The molecule has 1 N–H and O–H groups in total. The smallest absolute Gasteiger partial charge is 0.0990 e. The number of thiophene rings is 1. The quantitative estimate of drug-likeness (QED) is 0.628. The Morgan fingerprint density at radius 3 is 2.81 bits per heavy atom. The van der Waals surface area contributed by atoms with Gasteiger partial charge in [-0.3, -0.25) is 5.41 Å². The van der Waals surface area contributed by atoms with Crippen LogP contribution in [-0.4, -0.2) is 17.8 Å². The second-order valence-electron chi connectivity index (χ2n) is 4.66. The molecule has 0 bridgehead atoms. The molecule has 0 amide bonds. The Labute approximate surface area is 102 Å². The zero-order valence-electron chi connectivity index (χ0n) is 9.91. The average molecular weight is 236 g/mol. The molecule has 0 spiro atoms. The van der Waals surface area contributed by atoms with Gasteiger partial charge in [0.25, 0.3) is 0 Å². The maximum atomic E-state index is 8.22. The number of rotatable bonds is 3. The Morgan fingerprint density at radius 1 is 1.44 bits per heavy atom. The first-order valence-electron chi connectivity index (χ1n) is 6.09. The maximum absolute atomic E-state index is 8.22. The molecule has 2 nitrogen and oxygen atoms in total. The average Bonchev–Trinajstić information content (AvgIpc) is 2.82. The SMILES string of the molecule is CN(Cc1cccs1)C(=N)C1CCCCC1. The number of nitrogens with zero attached hydrogens (tertiary/aromatic N) is 1. The van der Waals surface area contributed by atoms with E-state index in [1.165, 1.54) is 37.0 Å². The van der Waals surface area contributed by atoms with Crippen LogP contribution in [0.15, 0.2) is 17.5 Å².